The second-order valence-electron chi connectivity index (χ2n) is 29.1. The van der Waals surface area contributed by atoms with Gasteiger partial charge in [-0.2, -0.15) is 0 Å². The fourth-order valence-electron chi connectivity index (χ4n) is 14.1. The standard InChI is InChI=1S/C77H87Cl2N9O27/c1-30(2)17-43(81-6)68(99)87-59-61(94)35-12-15-47(41(78)19-35)111-49-21-37-22-50(65(49)115-76-66(64(97)63(96)52(28-89)113-76)114-54-26-77(5,67(98)32(4)110-54)82-27-51(74(105)106)109-29-33-9-7-31(3)8-10-33)112-48-16-13-36(20-42(48)79)62(95)60-73(104)86-58(75(107)108)40-23-38(90)24-46(92)55(40)39-18-34(11-14-45(39)91)56(70(101)88-60)85-71(102)57(37)84-69(100)44(25-53(80)93)83-72(59)103/h7-16,18-24,30,32,43-44,51-52,54,56-64,66-67,76,81-82,89-92,94-98H,17,25-29H2,1-6H3,(H2,80,93)(H,83,103)(H,84,100)(H,85,102)(H,86,104)(H,87,99)(H,88,101)(H,105,106)(H,107,108)/t32?,43-,44?,51?,52?,54?,56?,57-,58-,59?,60+,61-,62-,63?,64?,66?,67?,76?,77?/m1/s1. The van der Waals surface area contributed by atoms with Crippen molar-refractivity contribution in [3.63, 3.8) is 0 Å². The number of hydrogen-bond acceptors (Lipinski definition) is 27. The first-order valence-electron chi connectivity index (χ1n) is 36.3. The van der Waals surface area contributed by atoms with Crippen LogP contribution < -0.4 is 62.5 Å². The number of aryl methyl sites for hydroxylation is 1. The summed E-state index contributed by atoms with van der Waals surface area (Å²) in [6, 6.07) is 6.07. The first kappa shape index (κ1) is 85.3. The molecule has 7 aliphatic heterocycles. The maximum absolute atomic E-state index is 16.2. The number of phenolic OH excluding ortho intramolecular Hbond substituents is 3. The molecular weight excluding hydrogens is 1550 g/mol. The summed E-state index contributed by atoms with van der Waals surface area (Å²) >= 11 is 14.2. The van der Waals surface area contributed by atoms with Crippen molar-refractivity contribution < 1.29 is 132 Å². The number of aliphatic carboxylic acids is 2. The molecule has 7 aliphatic rings. The topological polar surface area (TPSA) is 563 Å². The van der Waals surface area contributed by atoms with Crippen LogP contribution in [0.3, 0.4) is 0 Å². The van der Waals surface area contributed by atoms with Gasteiger partial charge in [-0.25, -0.2) is 9.59 Å². The van der Waals surface area contributed by atoms with Gasteiger partial charge in [0.25, 0.3) is 0 Å². The number of benzene rings is 6. The van der Waals surface area contributed by atoms with E-state index in [-0.39, 0.29) is 47.8 Å². The summed E-state index contributed by atoms with van der Waals surface area (Å²) in [6.07, 6.45) is -21.3. The van der Waals surface area contributed by atoms with Gasteiger partial charge in [0.05, 0.1) is 47.9 Å². The summed E-state index contributed by atoms with van der Waals surface area (Å²) in [5.41, 5.74) is 2.88. The van der Waals surface area contributed by atoms with E-state index in [1.165, 1.54) is 33.0 Å². The van der Waals surface area contributed by atoms with E-state index in [1.54, 1.807) is 12.1 Å². The lowest BCUT2D eigenvalue weighted by Crippen LogP contribution is -2.66. The number of primary amides is 1. The first-order chi connectivity index (χ1) is 54.4. The van der Waals surface area contributed by atoms with Crippen molar-refractivity contribution in [1.29, 1.82) is 0 Å². The third-order valence-electron chi connectivity index (χ3n) is 20.3. The molecule has 19 atom stereocenters. The molecule has 38 heteroatoms. The Morgan fingerprint density at radius 3 is 1.91 bits per heavy atom. The maximum atomic E-state index is 16.2. The van der Waals surface area contributed by atoms with Gasteiger partial charge in [0.1, 0.15) is 89.5 Å². The molecule has 2 saturated heterocycles. The van der Waals surface area contributed by atoms with Crippen molar-refractivity contribution in [1.82, 2.24) is 42.5 Å². The number of aliphatic hydroxyl groups is 6. The van der Waals surface area contributed by atoms with Crippen LogP contribution in [0.5, 0.6) is 46.0 Å². The average molecular weight is 1640 g/mol. The molecule has 0 aliphatic carbocycles. The summed E-state index contributed by atoms with van der Waals surface area (Å²) in [6.45, 7) is 6.96. The number of phenols is 3. The number of nitrogens with one attached hydrogen (secondary N) is 8. The molecule has 7 heterocycles. The Bertz CT molecular complexity index is 4720. The van der Waals surface area contributed by atoms with Crippen molar-refractivity contribution >= 4 is 76.5 Å². The largest absolute Gasteiger partial charge is 0.508 e. The van der Waals surface area contributed by atoms with Gasteiger partial charge in [0.2, 0.25) is 53.4 Å². The quantitative estimate of drug-likeness (QED) is 0.0517. The van der Waals surface area contributed by atoms with Crippen molar-refractivity contribution in [3.05, 3.63) is 152 Å². The van der Waals surface area contributed by atoms with Crippen molar-refractivity contribution in [2.24, 2.45) is 11.7 Å². The second kappa shape index (κ2) is 35.7. The van der Waals surface area contributed by atoms with Crippen LogP contribution in [-0.2, 0) is 68.7 Å². The Morgan fingerprint density at radius 1 is 0.696 bits per heavy atom. The number of fused-ring (bicyclic) bond motifs is 15. The van der Waals surface area contributed by atoms with E-state index >= 15 is 14.4 Å². The minimum absolute atomic E-state index is 0.106. The van der Waals surface area contributed by atoms with E-state index in [2.05, 4.69) is 42.5 Å². The normalized spacial score (nSPS) is 27.5. The zero-order chi connectivity index (χ0) is 83.5. The predicted octanol–water partition coefficient (Wildman–Crippen LogP) is 1.72. The first-order valence-corrected chi connectivity index (χ1v) is 37.0. The van der Waals surface area contributed by atoms with Crippen LogP contribution in [0.25, 0.3) is 11.1 Å². The number of likely N-dealkylation sites (N-methyl/N-ethyl adjacent to an activating group) is 1. The average Bonchev–Trinajstić information content (AvgIpc) is 0.766. The van der Waals surface area contributed by atoms with Crippen molar-refractivity contribution in [3.8, 4) is 57.1 Å². The number of aliphatic hydroxyl groups excluding tert-OH is 6. The lowest BCUT2D eigenvalue weighted by atomic mass is 9.84. The van der Waals surface area contributed by atoms with Gasteiger partial charge in [-0.3, -0.25) is 33.6 Å². The number of hydrogen-bond donors (Lipinski definition) is 20. The highest BCUT2D eigenvalue weighted by atomic mass is 35.5. The number of carbonyl (C=O) groups is 9. The number of carbonyl (C=O) groups excluding carboxylic acids is 7. The number of rotatable bonds is 20. The smallest absolute Gasteiger partial charge is 0.334 e. The molecule has 616 valence electrons. The number of carboxylic acids is 2. The lowest BCUT2D eigenvalue weighted by Gasteiger charge is -2.48. The molecule has 13 rings (SSSR count). The van der Waals surface area contributed by atoms with E-state index in [4.69, 9.17) is 62.1 Å². The summed E-state index contributed by atoms with van der Waals surface area (Å²) in [4.78, 5) is 130. The number of nitrogens with two attached hydrogens (primary N) is 1. The van der Waals surface area contributed by atoms with Crippen molar-refractivity contribution in [2.75, 3.05) is 20.2 Å². The molecule has 6 aromatic rings. The molecule has 7 amide bonds. The summed E-state index contributed by atoms with van der Waals surface area (Å²) < 4.78 is 44.9. The fraction of sp³-hybridized carbons (Fsp3) is 0.416. The highest BCUT2D eigenvalue weighted by molar-refractivity contribution is 6.32. The van der Waals surface area contributed by atoms with Gasteiger partial charge in [-0.1, -0.05) is 85.1 Å². The number of amides is 7. The third kappa shape index (κ3) is 19.0. The molecule has 6 aromatic carbocycles. The number of halogens is 2. The molecule has 0 radical (unpaired) electrons. The zero-order valence-electron chi connectivity index (χ0n) is 62.3. The van der Waals surface area contributed by atoms with E-state index < -0.39 is 261 Å². The van der Waals surface area contributed by atoms with Crippen LogP contribution in [0.1, 0.15) is 116 Å². The van der Waals surface area contributed by atoms with Gasteiger partial charge >= 0.3 is 11.9 Å². The molecule has 21 N–H and O–H groups in total. The van der Waals surface area contributed by atoms with Crippen LogP contribution >= 0.6 is 23.2 Å². The Labute approximate surface area is 665 Å². The van der Waals surface area contributed by atoms with Gasteiger partial charge < -0.3 is 138 Å². The Kier molecular flexibility index (Phi) is 26.5. The maximum Gasteiger partial charge on any atom is 0.334 e. The van der Waals surface area contributed by atoms with Gasteiger partial charge in [0.15, 0.2) is 36.0 Å². The fourth-order valence-corrected chi connectivity index (χ4v) is 14.5. The van der Waals surface area contributed by atoms with E-state index in [9.17, 15) is 84.9 Å². The Morgan fingerprint density at radius 2 is 1.31 bits per heavy atom. The van der Waals surface area contributed by atoms with E-state index in [0.717, 1.165) is 72.3 Å². The predicted molar refractivity (Wildman–Crippen MR) is 400 cm³/mol. The summed E-state index contributed by atoms with van der Waals surface area (Å²) in [5, 5.41) is 146. The Balaban J connectivity index is 1.11. The van der Waals surface area contributed by atoms with E-state index in [1.807, 2.05) is 32.9 Å². The van der Waals surface area contributed by atoms with E-state index in [0.29, 0.717) is 5.56 Å². The molecule has 0 spiro atoms. The lowest BCUT2D eigenvalue weighted by molar-refractivity contribution is -0.334. The Hall–Kier alpha value is -10.5. The number of ether oxygens (including phenoxy) is 7. The highest BCUT2D eigenvalue weighted by Gasteiger charge is 2.53. The minimum atomic E-state index is -2.39. The van der Waals surface area contributed by atoms with Crippen LogP contribution in [0.4, 0.5) is 0 Å². The molecule has 2 fully saturated rings. The molecule has 0 saturated carbocycles. The monoisotopic (exact) mass is 1640 g/mol. The number of aromatic hydroxyl groups is 3. The summed E-state index contributed by atoms with van der Waals surface area (Å²) in [7, 11) is 1.46. The van der Waals surface area contributed by atoms with Gasteiger partial charge in [-0.15, -0.1) is 0 Å². The van der Waals surface area contributed by atoms with Gasteiger partial charge in [0, 0.05) is 41.3 Å². The molecule has 115 heavy (non-hydrogen) atoms. The molecule has 11 bridgehead atoms. The summed E-state index contributed by atoms with van der Waals surface area (Å²) in [5.74, 6) is -17.8. The number of carboxylic acid groups (broad SMARTS) is 2. The van der Waals surface area contributed by atoms with Gasteiger partial charge in [-0.05, 0) is 123 Å². The zero-order valence-corrected chi connectivity index (χ0v) is 63.8. The van der Waals surface area contributed by atoms with Crippen LogP contribution in [0, 0.1) is 12.8 Å². The third-order valence-corrected chi connectivity index (χ3v) is 20.9. The van der Waals surface area contributed by atoms with Crippen molar-refractivity contribution in [2.45, 2.75) is 176 Å². The second-order valence-corrected chi connectivity index (χ2v) is 29.9. The molecular formula is C77H87Cl2N9O27. The van der Waals surface area contributed by atoms with Crippen LogP contribution in [0.15, 0.2) is 103 Å². The van der Waals surface area contributed by atoms with Crippen LogP contribution in [-0.4, -0.2) is 215 Å². The highest BCUT2D eigenvalue weighted by Crippen LogP contribution is 2.50. The van der Waals surface area contributed by atoms with Crippen LogP contribution in [0.2, 0.25) is 10.0 Å². The molecule has 36 nitrogen and oxygen atoms in total. The molecule has 13 unspecified atom stereocenters. The minimum Gasteiger partial charge on any atom is -0.508 e. The SMILES string of the molecule is CN[C@H](CC(C)C)C(=O)NC1C(=O)NC(CC(N)=O)C(=O)N[C@H]2C(=O)NC3C(=O)N[C@H](C(=O)N[C@@H](C(=O)O)c4cc(O)cc(O)c4-c4cc3ccc4O)[C@H](O)c3ccc(c(Cl)c3)Oc3cc2cc(c3OC2OC(CO)C(O)C(O)C2OC2CC(C)(NCC(OCc3ccc(C)cc3)C(=O)O)C(O)C(C)O2)Oc2ccc(cc2Cl)[C@H]1O. The molecule has 0 aromatic heterocycles.